The van der Waals surface area contributed by atoms with E-state index in [4.69, 9.17) is 4.98 Å². The second-order valence-electron chi connectivity index (χ2n) is 7.42. The number of sulfone groups is 1. The molecule has 0 N–H and O–H groups in total. The molecule has 0 saturated heterocycles. The van der Waals surface area contributed by atoms with Crippen LogP contribution < -0.4 is 4.90 Å². The van der Waals surface area contributed by atoms with Gasteiger partial charge in [-0.25, -0.2) is 23.4 Å². The van der Waals surface area contributed by atoms with Crippen LogP contribution in [0, 0.1) is 12.8 Å². The van der Waals surface area contributed by atoms with Gasteiger partial charge in [-0.3, -0.25) is 0 Å². The molecule has 1 aliphatic heterocycles. The summed E-state index contributed by atoms with van der Waals surface area (Å²) in [6.45, 7) is 7.73. The minimum atomic E-state index is -3.26. The average molecular weight is 385 g/mol. The van der Waals surface area contributed by atoms with Gasteiger partial charge in [-0.1, -0.05) is 13.8 Å². The Kier molecular flexibility index (Phi) is 4.18. The van der Waals surface area contributed by atoms with Crippen LogP contribution in [0.25, 0.3) is 11.0 Å². The molecule has 0 aliphatic carbocycles. The maximum absolute atomic E-state index is 12.0. The number of anilines is 1. The summed E-state index contributed by atoms with van der Waals surface area (Å²) in [5.74, 6) is 1.94. The molecule has 1 aromatic carbocycles. The number of nitrogens with zero attached hydrogens (tertiary/aromatic N) is 5. The summed E-state index contributed by atoms with van der Waals surface area (Å²) in [6.07, 6.45) is 3.01. The fourth-order valence-electron chi connectivity index (χ4n) is 3.76. The predicted octanol–water partition coefficient (Wildman–Crippen LogP) is 2.76. The SMILES string of the molecule is Cc1ccnc(N2CCn3c(nc4ccc(S(C)(=O)=O)cc43)C2C(C)C)n1. The van der Waals surface area contributed by atoms with E-state index >= 15 is 0 Å². The van der Waals surface area contributed by atoms with Crippen molar-refractivity contribution >= 4 is 26.8 Å². The lowest BCUT2D eigenvalue weighted by atomic mass is 10.00. The van der Waals surface area contributed by atoms with E-state index in [-0.39, 0.29) is 6.04 Å². The first kappa shape index (κ1) is 17.9. The minimum Gasteiger partial charge on any atom is -0.329 e. The van der Waals surface area contributed by atoms with Gasteiger partial charge in [-0.2, -0.15) is 0 Å². The highest BCUT2D eigenvalue weighted by Crippen LogP contribution is 2.36. The third-order valence-electron chi connectivity index (χ3n) is 5.01. The fourth-order valence-corrected chi connectivity index (χ4v) is 4.40. The van der Waals surface area contributed by atoms with Crippen LogP contribution in [0.2, 0.25) is 0 Å². The highest BCUT2D eigenvalue weighted by Gasteiger charge is 2.34. The van der Waals surface area contributed by atoms with Crippen molar-refractivity contribution in [2.45, 2.75) is 38.3 Å². The molecule has 142 valence electrons. The van der Waals surface area contributed by atoms with E-state index in [9.17, 15) is 8.42 Å². The Morgan fingerprint density at radius 3 is 2.59 bits per heavy atom. The van der Waals surface area contributed by atoms with Crippen molar-refractivity contribution in [3.63, 3.8) is 0 Å². The average Bonchev–Trinajstić information content (AvgIpc) is 2.97. The second kappa shape index (κ2) is 6.30. The zero-order valence-electron chi connectivity index (χ0n) is 15.9. The number of hydrogen-bond donors (Lipinski definition) is 0. The van der Waals surface area contributed by atoms with Crippen LogP contribution in [0.4, 0.5) is 5.95 Å². The third kappa shape index (κ3) is 3.07. The smallest absolute Gasteiger partial charge is 0.226 e. The van der Waals surface area contributed by atoms with Crippen molar-refractivity contribution in [3.05, 3.63) is 42.0 Å². The highest BCUT2D eigenvalue weighted by molar-refractivity contribution is 7.90. The van der Waals surface area contributed by atoms with Crippen molar-refractivity contribution in [2.24, 2.45) is 5.92 Å². The van der Waals surface area contributed by atoms with Gasteiger partial charge in [-0.05, 0) is 37.1 Å². The van der Waals surface area contributed by atoms with E-state index < -0.39 is 9.84 Å². The van der Waals surface area contributed by atoms with Gasteiger partial charge in [0.1, 0.15) is 5.82 Å². The highest BCUT2D eigenvalue weighted by atomic mass is 32.2. The summed E-state index contributed by atoms with van der Waals surface area (Å²) in [7, 11) is -3.26. The van der Waals surface area contributed by atoms with Gasteiger partial charge in [0.2, 0.25) is 5.95 Å². The van der Waals surface area contributed by atoms with Crippen LogP contribution in [-0.4, -0.2) is 40.7 Å². The molecule has 1 atom stereocenters. The number of imidazole rings is 1. The number of rotatable bonds is 3. The first-order chi connectivity index (χ1) is 12.8. The molecule has 0 saturated carbocycles. The van der Waals surface area contributed by atoms with E-state index in [1.165, 1.54) is 6.26 Å². The van der Waals surface area contributed by atoms with Crippen LogP contribution in [0.5, 0.6) is 0 Å². The van der Waals surface area contributed by atoms with Crippen LogP contribution in [0.15, 0.2) is 35.4 Å². The Balaban J connectivity index is 1.87. The van der Waals surface area contributed by atoms with Crippen LogP contribution in [0.1, 0.15) is 31.4 Å². The molecular weight excluding hydrogens is 362 g/mol. The van der Waals surface area contributed by atoms with Gasteiger partial charge in [0.25, 0.3) is 0 Å². The van der Waals surface area contributed by atoms with Crippen LogP contribution in [-0.2, 0) is 16.4 Å². The van der Waals surface area contributed by atoms with Crippen molar-refractivity contribution in [1.82, 2.24) is 19.5 Å². The minimum absolute atomic E-state index is 0.0228. The molecule has 2 aromatic heterocycles. The number of aryl methyl sites for hydroxylation is 1. The molecule has 0 fully saturated rings. The van der Waals surface area contributed by atoms with Gasteiger partial charge in [0, 0.05) is 31.2 Å². The molecule has 1 unspecified atom stereocenters. The monoisotopic (exact) mass is 385 g/mol. The molecule has 3 heterocycles. The number of fused-ring (bicyclic) bond motifs is 3. The van der Waals surface area contributed by atoms with Gasteiger partial charge in [-0.15, -0.1) is 0 Å². The van der Waals surface area contributed by atoms with Crippen LogP contribution >= 0.6 is 0 Å². The van der Waals surface area contributed by atoms with Crippen molar-refractivity contribution in [3.8, 4) is 0 Å². The molecule has 8 heteroatoms. The maximum atomic E-state index is 12.0. The quantitative estimate of drug-likeness (QED) is 0.690. The first-order valence-electron chi connectivity index (χ1n) is 9.02. The van der Waals surface area contributed by atoms with Crippen molar-refractivity contribution in [2.75, 3.05) is 17.7 Å². The van der Waals surface area contributed by atoms with Crippen molar-refractivity contribution < 1.29 is 8.42 Å². The molecule has 4 rings (SSSR count). The Morgan fingerprint density at radius 1 is 1.15 bits per heavy atom. The predicted molar refractivity (Wildman–Crippen MR) is 105 cm³/mol. The normalized spacial score (nSPS) is 17.5. The summed E-state index contributed by atoms with van der Waals surface area (Å²) in [6, 6.07) is 7.07. The zero-order chi connectivity index (χ0) is 19.3. The lowest BCUT2D eigenvalue weighted by molar-refractivity contribution is 0.387. The molecule has 0 amide bonds. The fraction of sp³-hybridized carbons (Fsp3) is 0.421. The second-order valence-corrected chi connectivity index (χ2v) is 9.44. The summed E-state index contributed by atoms with van der Waals surface area (Å²) in [5.41, 5.74) is 2.61. The molecule has 0 radical (unpaired) electrons. The van der Waals surface area contributed by atoms with E-state index in [1.54, 1.807) is 24.4 Å². The van der Waals surface area contributed by atoms with E-state index in [0.717, 1.165) is 29.1 Å². The summed E-state index contributed by atoms with van der Waals surface area (Å²) in [5, 5.41) is 0. The van der Waals surface area contributed by atoms with Crippen molar-refractivity contribution in [1.29, 1.82) is 0 Å². The molecule has 0 spiro atoms. The molecule has 0 bridgehead atoms. The molecule has 7 nitrogen and oxygen atoms in total. The van der Waals surface area contributed by atoms with Gasteiger partial charge in [0.15, 0.2) is 9.84 Å². The Bertz CT molecular complexity index is 1120. The first-order valence-corrected chi connectivity index (χ1v) is 10.9. The van der Waals surface area contributed by atoms with E-state index in [0.29, 0.717) is 23.3 Å². The number of benzene rings is 1. The molecular formula is C19H23N5O2S. The lowest BCUT2D eigenvalue weighted by Gasteiger charge is -2.38. The number of aromatic nitrogens is 4. The van der Waals surface area contributed by atoms with E-state index in [2.05, 4.69) is 33.3 Å². The Hall–Kier alpha value is -2.48. The third-order valence-corrected chi connectivity index (χ3v) is 6.12. The Morgan fingerprint density at radius 2 is 1.93 bits per heavy atom. The molecule has 3 aromatic rings. The van der Waals surface area contributed by atoms with Crippen LogP contribution in [0.3, 0.4) is 0 Å². The summed E-state index contributed by atoms with van der Waals surface area (Å²) in [4.78, 5) is 16.4. The lowest BCUT2D eigenvalue weighted by Crippen LogP contribution is -2.41. The zero-order valence-corrected chi connectivity index (χ0v) is 16.7. The topological polar surface area (TPSA) is 81.0 Å². The van der Waals surface area contributed by atoms with Gasteiger partial charge >= 0.3 is 0 Å². The molecule has 1 aliphatic rings. The van der Waals surface area contributed by atoms with E-state index in [1.807, 2.05) is 13.0 Å². The van der Waals surface area contributed by atoms with Gasteiger partial charge < -0.3 is 9.47 Å². The maximum Gasteiger partial charge on any atom is 0.226 e. The standard InChI is InChI=1S/C19H23N5O2S/c1-12(2)17-18-22-15-6-5-14(27(4,25)26)11-16(15)23(18)9-10-24(17)19-20-8-7-13(3)21-19/h5-8,11-12,17H,9-10H2,1-4H3. The molecule has 27 heavy (non-hydrogen) atoms. The number of hydrogen-bond acceptors (Lipinski definition) is 6. The summed E-state index contributed by atoms with van der Waals surface area (Å²) >= 11 is 0. The Labute approximate surface area is 159 Å². The van der Waals surface area contributed by atoms with Gasteiger partial charge in [0.05, 0.1) is 22.0 Å². The largest absolute Gasteiger partial charge is 0.329 e. The summed E-state index contributed by atoms with van der Waals surface area (Å²) < 4.78 is 26.0.